The van der Waals surface area contributed by atoms with E-state index in [1.807, 2.05) is 0 Å². The van der Waals surface area contributed by atoms with Crippen molar-refractivity contribution in [3.05, 3.63) is 60.3 Å². The van der Waals surface area contributed by atoms with Crippen molar-refractivity contribution in [2.75, 3.05) is 0 Å². The van der Waals surface area contributed by atoms with Gasteiger partial charge in [-0.25, -0.2) is 4.98 Å². The summed E-state index contributed by atoms with van der Waals surface area (Å²) >= 11 is 23.6. The zero-order valence-corrected chi connectivity index (χ0v) is 13.2. The van der Waals surface area contributed by atoms with Gasteiger partial charge in [0.05, 0.1) is 25.7 Å². The van der Waals surface area contributed by atoms with Gasteiger partial charge in [0.25, 0.3) is 5.69 Å². The van der Waals surface area contributed by atoms with Crippen LogP contribution >= 0.6 is 46.4 Å². The summed E-state index contributed by atoms with van der Waals surface area (Å²) in [5, 5.41) is 11.4. The van der Waals surface area contributed by atoms with E-state index in [-0.39, 0.29) is 33.2 Å². The van der Waals surface area contributed by atoms with Crippen LogP contribution in [0.2, 0.25) is 20.2 Å². The lowest BCUT2D eigenvalue weighted by atomic mass is 10.3. The van der Waals surface area contributed by atoms with Gasteiger partial charge in [-0.1, -0.05) is 46.4 Å². The number of hydrogen-bond acceptors (Lipinski definition) is 4. The zero-order chi connectivity index (χ0) is 15.6. The molecule has 0 saturated heterocycles. The molecule has 0 amide bonds. The Morgan fingerprint density at radius 1 is 1.10 bits per heavy atom. The maximum Gasteiger partial charge on any atom is 0.272 e. The molecule has 110 valence electrons. The van der Waals surface area contributed by atoms with Crippen molar-refractivity contribution in [2.45, 2.75) is 6.61 Å². The number of pyridine rings is 1. The summed E-state index contributed by atoms with van der Waals surface area (Å²) in [6.45, 7) is -0.0311. The number of halogens is 4. The molecule has 1 aromatic carbocycles. The van der Waals surface area contributed by atoms with Gasteiger partial charge in [0.2, 0.25) is 0 Å². The summed E-state index contributed by atoms with van der Waals surface area (Å²) in [5.74, 6) is 0.113. The first-order chi connectivity index (χ1) is 9.88. The quantitative estimate of drug-likeness (QED) is 0.424. The molecule has 0 unspecified atom stereocenters. The van der Waals surface area contributed by atoms with Crippen molar-refractivity contribution < 1.29 is 9.66 Å². The van der Waals surface area contributed by atoms with Crippen LogP contribution in [0, 0.1) is 10.1 Å². The minimum atomic E-state index is -0.600. The van der Waals surface area contributed by atoms with Gasteiger partial charge in [0, 0.05) is 12.1 Å². The Morgan fingerprint density at radius 3 is 2.29 bits per heavy atom. The third-order valence-corrected chi connectivity index (χ3v) is 3.55. The molecule has 2 rings (SSSR count). The van der Waals surface area contributed by atoms with Crippen molar-refractivity contribution in [3.8, 4) is 5.75 Å². The Kier molecular flexibility index (Phi) is 5.11. The number of nitrogens with zero attached hydrogens (tertiary/aromatic N) is 2. The molecule has 5 nitrogen and oxygen atoms in total. The van der Waals surface area contributed by atoms with E-state index in [1.54, 1.807) is 12.1 Å². The first-order valence-electron chi connectivity index (χ1n) is 5.45. The van der Waals surface area contributed by atoms with Gasteiger partial charge in [-0.05, 0) is 12.1 Å². The largest absolute Gasteiger partial charge is 0.484 e. The molecule has 0 bridgehead atoms. The fraction of sp³-hybridized carbons (Fsp3) is 0.0833. The molecule has 21 heavy (non-hydrogen) atoms. The third-order valence-electron chi connectivity index (χ3n) is 2.43. The van der Waals surface area contributed by atoms with E-state index in [1.165, 1.54) is 0 Å². The number of rotatable bonds is 4. The second-order valence-electron chi connectivity index (χ2n) is 3.85. The SMILES string of the molecule is O=[N+]([O-])c1cc(Cl)c(OCc2nc(Cl)ccc2Cl)c(Cl)c1. The topological polar surface area (TPSA) is 65.3 Å². The number of ether oxygens (including phenoxy) is 1. The molecular formula is C12H6Cl4N2O3. The van der Waals surface area contributed by atoms with Crippen LogP contribution < -0.4 is 4.74 Å². The first kappa shape index (κ1) is 16.1. The summed E-state index contributed by atoms with van der Waals surface area (Å²) in [5.41, 5.74) is 0.172. The molecule has 0 radical (unpaired) electrons. The van der Waals surface area contributed by atoms with Crippen LogP contribution in [0.15, 0.2) is 24.3 Å². The fourth-order valence-electron chi connectivity index (χ4n) is 1.49. The lowest BCUT2D eigenvalue weighted by Gasteiger charge is -2.10. The number of non-ortho nitro benzene ring substituents is 1. The van der Waals surface area contributed by atoms with Crippen LogP contribution in [0.5, 0.6) is 5.75 Å². The van der Waals surface area contributed by atoms with Crippen molar-refractivity contribution in [1.29, 1.82) is 0 Å². The standard InChI is InChI=1S/C12H6Cl4N2O3/c13-7-1-2-11(16)17-10(7)5-21-12-8(14)3-6(18(19)20)4-9(12)15/h1-4H,5H2. The van der Waals surface area contributed by atoms with Crippen molar-refractivity contribution >= 4 is 52.1 Å². The highest BCUT2D eigenvalue weighted by Crippen LogP contribution is 2.37. The fourth-order valence-corrected chi connectivity index (χ4v) is 2.40. The number of aromatic nitrogens is 1. The third kappa shape index (κ3) is 3.89. The average molecular weight is 368 g/mol. The maximum absolute atomic E-state index is 10.7. The Bertz CT molecular complexity index is 686. The van der Waals surface area contributed by atoms with E-state index < -0.39 is 4.92 Å². The van der Waals surface area contributed by atoms with Gasteiger partial charge < -0.3 is 4.74 Å². The molecule has 0 fully saturated rings. The van der Waals surface area contributed by atoms with E-state index in [4.69, 9.17) is 51.1 Å². The van der Waals surface area contributed by atoms with Crippen molar-refractivity contribution in [2.24, 2.45) is 0 Å². The molecule has 0 aliphatic carbocycles. The van der Waals surface area contributed by atoms with E-state index in [2.05, 4.69) is 4.98 Å². The van der Waals surface area contributed by atoms with Gasteiger partial charge in [-0.3, -0.25) is 10.1 Å². The second-order valence-corrected chi connectivity index (χ2v) is 5.46. The van der Waals surface area contributed by atoms with E-state index in [0.29, 0.717) is 10.7 Å². The Balaban J connectivity index is 2.24. The van der Waals surface area contributed by atoms with E-state index in [9.17, 15) is 10.1 Å². The minimum Gasteiger partial charge on any atom is -0.484 e. The summed E-state index contributed by atoms with van der Waals surface area (Å²) in [6, 6.07) is 5.42. The second kappa shape index (κ2) is 6.66. The van der Waals surface area contributed by atoms with Gasteiger partial charge >= 0.3 is 0 Å². The molecular weight excluding hydrogens is 362 g/mol. The van der Waals surface area contributed by atoms with Gasteiger partial charge in [0.1, 0.15) is 11.8 Å². The molecule has 9 heteroatoms. The first-order valence-corrected chi connectivity index (χ1v) is 6.97. The van der Waals surface area contributed by atoms with Crippen LogP contribution in [0.4, 0.5) is 5.69 Å². The Labute approximate surface area is 139 Å². The average Bonchev–Trinajstić information content (AvgIpc) is 2.41. The van der Waals surface area contributed by atoms with Crippen LogP contribution in [0.25, 0.3) is 0 Å². The number of hydrogen-bond donors (Lipinski definition) is 0. The molecule has 0 saturated carbocycles. The molecule has 0 spiro atoms. The molecule has 1 heterocycles. The van der Waals surface area contributed by atoms with Crippen LogP contribution in [0.3, 0.4) is 0 Å². The lowest BCUT2D eigenvalue weighted by Crippen LogP contribution is -2.01. The Morgan fingerprint density at radius 2 is 1.71 bits per heavy atom. The van der Waals surface area contributed by atoms with Crippen molar-refractivity contribution in [3.63, 3.8) is 0 Å². The van der Waals surface area contributed by atoms with Crippen LogP contribution in [-0.4, -0.2) is 9.91 Å². The highest BCUT2D eigenvalue weighted by molar-refractivity contribution is 6.37. The maximum atomic E-state index is 10.7. The van der Waals surface area contributed by atoms with E-state index in [0.717, 1.165) is 12.1 Å². The lowest BCUT2D eigenvalue weighted by molar-refractivity contribution is -0.384. The molecule has 0 N–H and O–H groups in total. The molecule has 0 aliphatic heterocycles. The van der Waals surface area contributed by atoms with Gasteiger partial charge in [-0.15, -0.1) is 0 Å². The Hall–Kier alpha value is -1.27. The number of benzene rings is 1. The van der Waals surface area contributed by atoms with Crippen LogP contribution in [-0.2, 0) is 6.61 Å². The summed E-state index contributed by atoms with van der Waals surface area (Å²) in [6.07, 6.45) is 0. The molecule has 0 aliphatic rings. The zero-order valence-electron chi connectivity index (χ0n) is 10.1. The number of nitro groups is 1. The predicted molar refractivity (Wildman–Crippen MR) is 81.7 cm³/mol. The van der Waals surface area contributed by atoms with Crippen LogP contribution in [0.1, 0.15) is 5.69 Å². The molecule has 2 aromatic rings. The molecule has 1 aromatic heterocycles. The monoisotopic (exact) mass is 366 g/mol. The summed E-state index contributed by atoms with van der Waals surface area (Å²) < 4.78 is 5.43. The number of nitro benzene ring substituents is 1. The summed E-state index contributed by atoms with van der Waals surface area (Å²) in [7, 11) is 0. The highest BCUT2D eigenvalue weighted by Gasteiger charge is 2.16. The normalized spacial score (nSPS) is 10.5. The predicted octanol–water partition coefficient (Wildman–Crippen LogP) is 5.18. The highest BCUT2D eigenvalue weighted by atomic mass is 35.5. The smallest absolute Gasteiger partial charge is 0.272 e. The summed E-state index contributed by atoms with van der Waals surface area (Å²) in [4.78, 5) is 14.1. The van der Waals surface area contributed by atoms with Gasteiger partial charge in [-0.2, -0.15) is 0 Å². The van der Waals surface area contributed by atoms with E-state index >= 15 is 0 Å². The van der Waals surface area contributed by atoms with Crippen molar-refractivity contribution in [1.82, 2.24) is 4.98 Å². The minimum absolute atomic E-state index is 0.0207. The molecule has 0 atom stereocenters. The van der Waals surface area contributed by atoms with Gasteiger partial charge in [0.15, 0.2) is 5.75 Å².